The van der Waals surface area contributed by atoms with Gasteiger partial charge in [-0.25, -0.2) is 0 Å². The summed E-state index contributed by atoms with van der Waals surface area (Å²) in [6.07, 6.45) is 1.64. The first-order valence-corrected chi connectivity index (χ1v) is 10.4. The summed E-state index contributed by atoms with van der Waals surface area (Å²) >= 11 is 0. The Morgan fingerprint density at radius 2 is 1.90 bits per heavy atom. The Labute approximate surface area is 197 Å². The topological polar surface area (TPSA) is 56.7 Å². The van der Waals surface area contributed by atoms with Crippen molar-refractivity contribution in [3.63, 3.8) is 0 Å². The number of nitrogens with one attached hydrogen (secondary N) is 2. The van der Waals surface area contributed by atoms with Gasteiger partial charge >= 0.3 is 0 Å². The fourth-order valence-electron chi connectivity index (χ4n) is 3.70. The molecule has 1 amide bonds. The van der Waals surface area contributed by atoms with Gasteiger partial charge in [-0.15, -0.1) is 24.0 Å². The Morgan fingerprint density at radius 3 is 2.57 bits per heavy atom. The van der Waals surface area contributed by atoms with Crippen molar-refractivity contribution in [2.75, 3.05) is 20.1 Å². The van der Waals surface area contributed by atoms with Gasteiger partial charge in [0.1, 0.15) is 0 Å². The molecule has 0 aromatic heterocycles. The standard InChI is InChI=1S/C24H32N4O.HI/c1-18-8-6-11-20(14-18)19(2)15-26-24(25-3)27-16-21-9-4-5-10-22(21)17-28-13-7-12-23(28)29;/h4-6,8-11,14,19H,7,12-13,15-17H2,1-3H3,(H2,25,26,27);1H. The molecule has 0 bridgehead atoms. The van der Waals surface area contributed by atoms with E-state index in [2.05, 4.69) is 65.9 Å². The number of aryl methyl sites for hydroxylation is 1. The monoisotopic (exact) mass is 520 g/mol. The normalized spacial score (nSPS) is 15.0. The predicted octanol–water partition coefficient (Wildman–Crippen LogP) is 4.20. The molecule has 1 aliphatic rings. The number of likely N-dealkylation sites (tertiary alicyclic amines) is 1. The molecule has 1 atom stereocenters. The van der Waals surface area contributed by atoms with Crippen LogP contribution in [0.2, 0.25) is 0 Å². The molecule has 5 nitrogen and oxygen atoms in total. The smallest absolute Gasteiger partial charge is 0.222 e. The zero-order valence-corrected chi connectivity index (χ0v) is 20.5. The number of amides is 1. The van der Waals surface area contributed by atoms with E-state index in [1.807, 2.05) is 17.0 Å². The number of hydrogen-bond acceptors (Lipinski definition) is 2. The third kappa shape index (κ3) is 6.72. The molecule has 0 spiro atoms. The number of nitrogens with zero attached hydrogens (tertiary/aromatic N) is 2. The van der Waals surface area contributed by atoms with Crippen LogP contribution in [0, 0.1) is 6.92 Å². The summed E-state index contributed by atoms with van der Waals surface area (Å²) in [5.41, 5.74) is 5.00. The zero-order chi connectivity index (χ0) is 20.6. The van der Waals surface area contributed by atoms with Crippen LogP contribution >= 0.6 is 24.0 Å². The second-order valence-electron chi connectivity index (χ2n) is 7.81. The lowest BCUT2D eigenvalue weighted by molar-refractivity contribution is -0.128. The molecule has 1 fully saturated rings. The number of aliphatic imine (C=N–C) groups is 1. The van der Waals surface area contributed by atoms with Crippen LogP contribution in [0.5, 0.6) is 0 Å². The number of rotatable bonds is 7. The van der Waals surface area contributed by atoms with Crippen LogP contribution in [0.4, 0.5) is 0 Å². The fourth-order valence-corrected chi connectivity index (χ4v) is 3.70. The zero-order valence-electron chi connectivity index (χ0n) is 18.1. The Bertz CT molecular complexity index is 868. The van der Waals surface area contributed by atoms with Crippen LogP contribution in [0.25, 0.3) is 0 Å². The predicted molar refractivity (Wildman–Crippen MR) is 134 cm³/mol. The fraction of sp³-hybridized carbons (Fsp3) is 0.417. The molecular weight excluding hydrogens is 487 g/mol. The van der Waals surface area contributed by atoms with Crippen LogP contribution in [0.3, 0.4) is 0 Å². The highest BCUT2D eigenvalue weighted by Gasteiger charge is 2.20. The first kappa shape index (κ1) is 24.2. The van der Waals surface area contributed by atoms with Crippen molar-refractivity contribution in [3.05, 3.63) is 70.8 Å². The van der Waals surface area contributed by atoms with E-state index in [0.717, 1.165) is 25.5 Å². The van der Waals surface area contributed by atoms with Gasteiger partial charge in [0, 0.05) is 39.6 Å². The van der Waals surface area contributed by atoms with Gasteiger partial charge in [-0.05, 0) is 36.0 Å². The minimum atomic E-state index is 0. The Morgan fingerprint density at radius 1 is 1.13 bits per heavy atom. The van der Waals surface area contributed by atoms with E-state index in [-0.39, 0.29) is 29.9 Å². The van der Waals surface area contributed by atoms with E-state index >= 15 is 0 Å². The molecule has 0 radical (unpaired) electrons. The van der Waals surface area contributed by atoms with Crippen molar-refractivity contribution >= 4 is 35.8 Å². The van der Waals surface area contributed by atoms with E-state index in [1.54, 1.807) is 7.05 Å². The Kier molecular flexibility index (Phi) is 9.62. The van der Waals surface area contributed by atoms with Gasteiger partial charge in [0.05, 0.1) is 0 Å². The molecule has 1 aliphatic heterocycles. The first-order valence-electron chi connectivity index (χ1n) is 10.4. The maximum atomic E-state index is 12.0. The average molecular weight is 520 g/mol. The summed E-state index contributed by atoms with van der Waals surface area (Å²) < 4.78 is 0. The minimum absolute atomic E-state index is 0. The maximum Gasteiger partial charge on any atom is 0.222 e. The highest BCUT2D eigenvalue weighted by Crippen LogP contribution is 2.17. The van der Waals surface area contributed by atoms with Crippen molar-refractivity contribution in [3.8, 4) is 0 Å². The number of carbonyl (C=O) groups is 1. The van der Waals surface area contributed by atoms with E-state index < -0.39 is 0 Å². The molecule has 30 heavy (non-hydrogen) atoms. The van der Waals surface area contributed by atoms with Crippen LogP contribution in [-0.4, -0.2) is 36.9 Å². The molecule has 2 aromatic rings. The first-order chi connectivity index (χ1) is 14.1. The minimum Gasteiger partial charge on any atom is -0.356 e. The quantitative estimate of drug-likeness (QED) is 0.327. The van der Waals surface area contributed by atoms with Gasteiger partial charge in [-0.1, -0.05) is 61.0 Å². The van der Waals surface area contributed by atoms with Gasteiger partial charge in [0.15, 0.2) is 5.96 Å². The highest BCUT2D eigenvalue weighted by molar-refractivity contribution is 14.0. The molecule has 1 saturated heterocycles. The number of carbonyl (C=O) groups excluding carboxylic acids is 1. The van der Waals surface area contributed by atoms with Gasteiger partial charge in [0.2, 0.25) is 5.91 Å². The molecule has 3 rings (SSSR count). The van der Waals surface area contributed by atoms with Gasteiger partial charge in [-0.2, -0.15) is 0 Å². The van der Waals surface area contributed by atoms with E-state index in [0.29, 0.717) is 25.4 Å². The SMILES string of the molecule is CN=C(NCc1ccccc1CN1CCCC1=O)NCC(C)c1cccc(C)c1.I. The second-order valence-corrected chi connectivity index (χ2v) is 7.81. The average Bonchev–Trinajstić information content (AvgIpc) is 3.13. The van der Waals surface area contributed by atoms with Crippen molar-refractivity contribution in [1.29, 1.82) is 0 Å². The summed E-state index contributed by atoms with van der Waals surface area (Å²) in [7, 11) is 1.79. The van der Waals surface area contributed by atoms with E-state index in [1.165, 1.54) is 22.3 Å². The van der Waals surface area contributed by atoms with Gasteiger partial charge < -0.3 is 15.5 Å². The van der Waals surface area contributed by atoms with Crippen LogP contribution in [0.15, 0.2) is 53.5 Å². The van der Waals surface area contributed by atoms with Gasteiger partial charge in [-0.3, -0.25) is 9.79 Å². The maximum absolute atomic E-state index is 12.0. The number of hydrogen-bond donors (Lipinski definition) is 2. The highest BCUT2D eigenvalue weighted by atomic mass is 127. The molecule has 0 aliphatic carbocycles. The molecule has 1 unspecified atom stereocenters. The lowest BCUT2D eigenvalue weighted by Crippen LogP contribution is -2.39. The van der Waals surface area contributed by atoms with Crippen LogP contribution in [-0.2, 0) is 17.9 Å². The lowest BCUT2D eigenvalue weighted by atomic mass is 9.99. The summed E-state index contributed by atoms with van der Waals surface area (Å²) in [5.74, 6) is 1.44. The summed E-state index contributed by atoms with van der Waals surface area (Å²) in [5, 5.41) is 6.85. The third-order valence-corrected chi connectivity index (χ3v) is 5.51. The molecule has 2 aromatic carbocycles. The molecule has 1 heterocycles. The van der Waals surface area contributed by atoms with Crippen molar-refractivity contribution < 1.29 is 4.79 Å². The summed E-state index contributed by atoms with van der Waals surface area (Å²) in [6, 6.07) is 16.9. The molecule has 6 heteroatoms. The van der Waals surface area contributed by atoms with E-state index in [9.17, 15) is 4.79 Å². The summed E-state index contributed by atoms with van der Waals surface area (Å²) in [4.78, 5) is 18.3. The van der Waals surface area contributed by atoms with Crippen molar-refractivity contribution in [2.45, 2.75) is 45.7 Å². The van der Waals surface area contributed by atoms with Gasteiger partial charge in [0.25, 0.3) is 0 Å². The molecule has 162 valence electrons. The lowest BCUT2D eigenvalue weighted by Gasteiger charge is -2.20. The van der Waals surface area contributed by atoms with Crippen LogP contribution in [0.1, 0.15) is 47.9 Å². The third-order valence-electron chi connectivity index (χ3n) is 5.51. The molecule has 0 saturated carbocycles. The molecular formula is C24H33IN4O. The number of benzene rings is 2. The number of halogens is 1. The number of guanidine groups is 1. The van der Waals surface area contributed by atoms with Crippen molar-refractivity contribution in [1.82, 2.24) is 15.5 Å². The Balaban J connectivity index is 0.00000320. The summed E-state index contributed by atoms with van der Waals surface area (Å²) in [6.45, 7) is 7.38. The second kappa shape index (κ2) is 11.9. The van der Waals surface area contributed by atoms with Crippen molar-refractivity contribution in [2.24, 2.45) is 4.99 Å². The van der Waals surface area contributed by atoms with E-state index in [4.69, 9.17) is 0 Å². The van der Waals surface area contributed by atoms with Crippen LogP contribution < -0.4 is 10.6 Å². The molecule has 2 N–H and O–H groups in total. The Hall–Kier alpha value is -2.09. The largest absolute Gasteiger partial charge is 0.356 e.